The maximum atomic E-state index is 9.78. The molecule has 1 heterocycles. The minimum atomic E-state index is -0.509. The van der Waals surface area contributed by atoms with E-state index in [1.807, 2.05) is 13.8 Å². The number of nitrogens with zero attached hydrogens (tertiary/aromatic N) is 1. The molecule has 19 heavy (non-hydrogen) atoms. The summed E-state index contributed by atoms with van der Waals surface area (Å²) in [6, 6.07) is 0. The summed E-state index contributed by atoms with van der Waals surface area (Å²) >= 11 is 0. The number of aromatic nitrogens is 1. The largest absolute Gasteiger partial charge is 0.445 e. The highest BCUT2D eigenvalue weighted by molar-refractivity contribution is 4.90. The van der Waals surface area contributed by atoms with Crippen molar-refractivity contribution in [3.63, 3.8) is 0 Å². The summed E-state index contributed by atoms with van der Waals surface area (Å²) in [4.78, 5) is 4.08. The van der Waals surface area contributed by atoms with Crippen molar-refractivity contribution in [3.8, 4) is 0 Å². The Morgan fingerprint density at radius 2 is 2.16 bits per heavy atom. The van der Waals surface area contributed by atoms with Crippen LogP contribution < -0.4 is 5.32 Å². The van der Waals surface area contributed by atoms with Gasteiger partial charge in [0.25, 0.3) is 0 Å². The third kappa shape index (κ3) is 7.30. The fraction of sp³-hybridized carbons (Fsp3) is 0.786. The summed E-state index contributed by atoms with van der Waals surface area (Å²) < 4.78 is 10.9. The lowest BCUT2D eigenvalue weighted by atomic mass is 10.1. The summed E-state index contributed by atoms with van der Waals surface area (Å²) in [6.07, 6.45) is 2.37. The number of aryl methyl sites for hydroxylation is 1. The van der Waals surface area contributed by atoms with Gasteiger partial charge in [-0.1, -0.05) is 13.8 Å². The number of rotatable bonds is 9. The van der Waals surface area contributed by atoms with Gasteiger partial charge in [0.1, 0.15) is 5.76 Å². The molecule has 2 atom stereocenters. The van der Waals surface area contributed by atoms with E-state index in [2.05, 4.69) is 24.1 Å². The highest BCUT2D eigenvalue weighted by Gasteiger charge is 2.10. The van der Waals surface area contributed by atoms with E-state index in [1.165, 1.54) is 0 Å². The van der Waals surface area contributed by atoms with Crippen LogP contribution in [0.3, 0.4) is 0 Å². The van der Waals surface area contributed by atoms with Gasteiger partial charge in [-0.05, 0) is 26.2 Å². The van der Waals surface area contributed by atoms with Crippen LogP contribution in [-0.4, -0.2) is 35.5 Å². The second-order valence-electron chi connectivity index (χ2n) is 5.42. The van der Waals surface area contributed by atoms with E-state index in [0.717, 1.165) is 12.2 Å². The first-order chi connectivity index (χ1) is 8.97. The van der Waals surface area contributed by atoms with Crippen LogP contribution in [0.2, 0.25) is 0 Å². The Morgan fingerprint density at radius 1 is 1.42 bits per heavy atom. The normalized spacial score (nSPS) is 14.8. The summed E-state index contributed by atoms with van der Waals surface area (Å²) in [7, 11) is 0. The van der Waals surface area contributed by atoms with Crippen LogP contribution >= 0.6 is 0 Å². The van der Waals surface area contributed by atoms with Crippen molar-refractivity contribution in [3.05, 3.63) is 17.8 Å². The van der Waals surface area contributed by atoms with Crippen molar-refractivity contribution in [2.24, 2.45) is 5.92 Å². The van der Waals surface area contributed by atoms with Crippen LogP contribution in [0.5, 0.6) is 0 Å². The molecule has 2 N–H and O–H groups in total. The van der Waals surface area contributed by atoms with Crippen LogP contribution in [-0.2, 0) is 11.3 Å². The van der Waals surface area contributed by atoms with Crippen molar-refractivity contribution in [2.45, 2.75) is 52.9 Å². The standard InChI is InChI=1S/C14H26N2O3/c1-10(2)5-11(3)18-9-13(17)7-15-8-14-16-6-12(4)19-14/h6,10-11,13,15,17H,5,7-9H2,1-4H3. The maximum absolute atomic E-state index is 9.78. The predicted octanol–water partition coefficient (Wildman–Crippen LogP) is 1.88. The molecule has 0 bridgehead atoms. The molecule has 0 radical (unpaired) electrons. The molecule has 5 heteroatoms. The van der Waals surface area contributed by atoms with Gasteiger partial charge in [0, 0.05) is 6.54 Å². The molecular formula is C14H26N2O3. The fourth-order valence-electron chi connectivity index (χ4n) is 1.90. The third-order valence-corrected chi connectivity index (χ3v) is 2.70. The third-order valence-electron chi connectivity index (χ3n) is 2.70. The van der Waals surface area contributed by atoms with Crippen molar-refractivity contribution in [1.82, 2.24) is 10.3 Å². The van der Waals surface area contributed by atoms with E-state index in [9.17, 15) is 5.11 Å². The molecule has 0 amide bonds. The van der Waals surface area contributed by atoms with E-state index in [0.29, 0.717) is 31.5 Å². The number of hydrogen-bond donors (Lipinski definition) is 2. The Kier molecular flexibility index (Phi) is 7.05. The molecule has 0 saturated heterocycles. The van der Waals surface area contributed by atoms with E-state index in [-0.39, 0.29) is 6.10 Å². The lowest BCUT2D eigenvalue weighted by Gasteiger charge is -2.18. The fourth-order valence-corrected chi connectivity index (χ4v) is 1.90. The van der Waals surface area contributed by atoms with Gasteiger partial charge in [-0.25, -0.2) is 4.98 Å². The first-order valence-corrected chi connectivity index (χ1v) is 6.89. The highest BCUT2D eigenvalue weighted by atomic mass is 16.5. The second-order valence-corrected chi connectivity index (χ2v) is 5.42. The summed E-state index contributed by atoms with van der Waals surface area (Å²) in [5.41, 5.74) is 0. The number of oxazole rings is 1. The lowest BCUT2D eigenvalue weighted by Crippen LogP contribution is -2.31. The van der Waals surface area contributed by atoms with Gasteiger partial charge in [0.15, 0.2) is 0 Å². The van der Waals surface area contributed by atoms with E-state index >= 15 is 0 Å². The lowest BCUT2D eigenvalue weighted by molar-refractivity contribution is -0.00871. The Bertz CT molecular complexity index is 352. The maximum Gasteiger partial charge on any atom is 0.208 e. The zero-order valence-electron chi connectivity index (χ0n) is 12.3. The van der Waals surface area contributed by atoms with Gasteiger partial charge in [-0.15, -0.1) is 0 Å². The average Bonchev–Trinajstić information content (AvgIpc) is 2.71. The molecule has 2 unspecified atom stereocenters. The first-order valence-electron chi connectivity index (χ1n) is 6.89. The Hall–Kier alpha value is -0.910. The molecule has 1 aromatic rings. The zero-order valence-corrected chi connectivity index (χ0v) is 12.3. The number of ether oxygens (including phenoxy) is 1. The van der Waals surface area contributed by atoms with Crippen molar-refractivity contribution < 1.29 is 14.3 Å². The molecule has 0 aliphatic heterocycles. The highest BCUT2D eigenvalue weighted by Crippen LogP contribution is 2.07. The van der Waals surface area contributed by atoms with Gasteiger partial charge >= 0.3 is 0 Å². The van der Waals surface area contributed by atoms with Gasteiger partial charge < -0.3 is 19.6 Å². The van der Waals surface area contributed by atoms with Gasteiger partial charge in [0.05, 0.1) is 31.6 Å². The molecular weight excluding hydrogens is 244 g/mol. The van der Waals surface area contributed by atoms with E-state index in [4.69, 9.17) is 9.15 Å². The van der Waals surface area contributed by atoms with Crippen LogP contribution in [0.4, 0.5) is 0 Å². The number of aliphatic hydroxyl groups excluding tert-OH is 1. The first kappa shape index (κ1) is 16.1. The van der Waals surface area contributed by atoms with Crippen molar-refractivity contribution in [1.29, 1.82) is 0 Å². The Morgan fingerprint density at radius 3 is 2.74 bits per heavy atom. The van der Waals surface area contributed by atoms with Gasteiger partial charge in [-0.2, -0.15) is 0 Å². The summed E-state index contributed by atoms with van der Waals surface area (Å²) in [5, 5.41) is 12.9. The van der Waals surface area contributed by atoms with Crippen LogP contribution in [0.1, 0.15) is 38.8 Å². The average molecular weight is 270 g/mol. The Labute approximate surface area is 115 Å². The molecule has 0 aromatic carbocycles. The topological polar surface area (TPSA) is 67.5 Å². The second kappa shape index (κ2) is 8.30. The van der Waals surface area contributed by atoms with Crippen LogP contribution in [0.15, 0.2) is 10.6 Å². The predicted molar refractivity (Wildman–Crippen MR) is 73.8 cm³/mol. The molecule has 0 fully saturated rings. The number of aliphatic hydroxyl groups is 1. The minimum Gasteiger partial charge on any atom is -0.445 e. The summed E-state index contributed by atoms with van der Waals surface area (Å²) in [6.45, 7) is 9.56. The molecule has 110 valence electrons. The monoisotopic (exact) mass is 270 g/mol. The van der Waals surface area contributed by atoms with E-state index < -0.39 is 6.10 Å². The SMILES string of the molecule is Cc1cnc(CNCC(O)COC(C)CC(C)C)o1. The van der Waals surface area contributed by atoms with Gasteiger partial charge in [0.2, 0.25) is 5.89 Å². The molecule has 0 aliphatic rings. The zero-order chi connectivity index (χ0) is 14.3. The molecule has 0 saturated carbocycles. The van der Waals surface area contributed by atoms with Crippen molar-refractivity contribution in [2.75, 3.05) is 13.2 Å². The van der Waals surface area contributed by atoms with Crippen LogP contribution in [0, 0.1) is 12.8 Å². The molecule has 1 aromatic heterocycles. The molecule has 0 aliphatic carbocycles. The van der Waals surface area contributed by atoms with Gasteiger partial charge in [-0.3, -0.25) is 0 Å². The molecule has 0 spiro atoms. The summed E-state index contributed by atoms with van der Waals surface area (Å²) in [5.74, 6) is 2.04. The molecule has 5 nitrogen and oxygen atoms in total. The van der Waals surface area contributed by atoms with Crippen molar-refractivity contribution >= 4 is 0 Å². The number of nitrogens with one attached hydrogen (secondary N) is 1. The minimum absolute atomic E-state index is 0.184. The quantitative estimate of drug-likeness (QED) is 0.717. The van der Waals surface area contributed by atoms with Crippen LogP contribution in [0.25, 0.3) is 0 Å². The molecule has 1 rings (SSSR count). The smallest absolute Gasteiger partial charge is 0.208 e. The number of hydrogen-bond acceptors (Lipinski definition) is 5. The van der Waals surface area contributed by atoms with E-state index in [1.54, 1.807) is 6.20 Å². The Balaban J connectivity index is 2.09.